The van der Waals surface area contributed by atoms with Crippen LogP contribution in [0.5, 0.6) is 0 Å². The minimum atomic E-state index is 0. The maximum Gasteiger partial charge on any atom is 3.00 e. The first-order valence-corrected chi connectivity index (χ1v) is 8.69. The molecule has 2 aliphatic heterocycles. The van der Waals surface area contributed by atoms with Gasteiger partial charge in [0.1, 0.15) is 23.5 Å². The van der Waals surface area contributed by atoms with Crippen molar-refractivity contribution in [2.24, 2.45) is 20.0 Å². The zero-order valence-electron chi connectivity index (χ0n) is 16.1. The number of rotatable bonds is 2. The second-order valence-corrected chi connectivity index (χ2v) is 6.77. The van der Waals surface area contributed by atoms with Crippen LogP contribution >= 0.6 is 0 Å². The molecule has 0 amide bonds. The van der Waals surface area contributed by atoms with Gasteiger partial charge in [-0.1, -0.05) is 30.4 Å². The van der Waals surface area contributed by atoms with E-state index < -0.39 is 0 Å². The van der Waals surface area contributed by atoms with E-state index >= 15 is 0 Å². The first-order valence-electron chi connectivity index (χ1n) is 8.69. The molecule has 2 aliphatic carbocycles. The monoisotopic (exact) mass is 503 g/mol. The Bertz CT molecular complexity index is 999. The van der Waals surface area contributed by atoms with E-state index in [-0.39, 0.29) is 66.1 Å². The normalized spacial score (nSPS) is 22.2. The van der Waals surface area contributed by atoms with E-state index in [1.165, 1.54) is 11.1 Å². The number of hydrogen-bond donors (Lipinski definition) is 0. The molecule has 0 saturated heterocycles. The van der Waals surface area contributed by atoms with E-state index in [0.717, 1.165) is 22.8 Å². The number of aliphatic imine (C=N–C) groups is 4. The Labute approximate surface area is 204 Å². The number of pyridine rings is 1. The summed E-state index contributed by atoms with van der Waals surface area (Å²) in [5, 5.41) is 0. The Balaban J connectivity index is 0.00000112. The molecule has 0 saturated carbocycles. The van der Waals surface area contributed by atoms with Gasteiger partial charge in [-0.3, -0.25) is 9.98 Å². The number of hydrogen-bond acceptors (Lipinski definition) is 5. The molecule has 2 unspecified atom stereocenters. The Morgan fingerprint density at radius 2 is 1.13 bits per heavy atom. The smallest absolute Gasteiger partial charge is 1.00 e. The first-order chi connectivity index (χ1) is 12.7. The van der Waals surface area contributed by atoms with Gasteiger partial charge in [0.15, 0.2) is 11.7 Å². The molecule has 156 valence electrons. The molecule has 5 rings (SSSR count). The fourth-order valence-corrected chi connectivity index (χ4v) is 3.33. The van der Waals surface area contributed by atoms with Crippen molar-refractivity contribution in [1.29, 1.82) is 0 Å². The molecule has 1 aromatic rings. The number of nitrogens with zero attached hydrogens (tertiary/aromatic N) is 5. The van der Waals surface area contributed by atoms with Crippen LogP contribution in [0.15, 0.2) is 85.8 Å². The third-order valence-corrected chi connectivity index (χ3v) is 4.64. The van der Waals surface area contributed by atoms with E-state index in [2.05, 4.69) is 70.3 Å². The van der Waals surface area contributed by atoms with Crippen molar-refractivity contribution in [3.05, 3.63) is 77.2 Å². The summed E-state index contributed by atoms with van der Waals surface area (Å²) in [4.78, 5) is 23.4. The molecule has 0 radical (unpaired) electrons. The number of allylic oxidation sites excluding steroid dienone is 4. The maximum atomic E-state index is 4.73. The summed E-state index contributed by atoms with van der Waals surface area (Å²) in [5.74, 6) is 1.34. The predicted molar refractivity (Wildman–Crippen MR) is 106 cm³/mol. The van der Waals surface area contributed by atoms with E-state index in [4.69, 9.17) is 4.98 Å². The molecule has 0 spiro atoms. The molecule has 9 heteroatoms. The quantitative estimate of drug-likeness (QED) is 0.396. The zero-order valence-corrected chi connectivity index (χ0v) is 19.4. The van der Waals surface area contributed by atoms with Gasteiger partial charge in [0.05, 0.1) is 11.4 Å². The summed E-state index contributed by atoms with van der Waals surface area (Å²) in [6.07, 6.45) is 12.4. The minimum Gasteiger partial charge on any atom is -1.00 e. The van der Waals surface area contributed by atoms with Crippen LogP contribution < -0.4 is 37.2 Å². The summed E-state index contributed by atoms with van der Waals surface area (Å²) < 4.78 is 0. The van der Waals surface area contributed by atoms with Crippen LogP contribution in [0.3, 0.4) is 0 Å². The van der Waals surface area contributed by atoms with Crippen molar-refractivity contribution >= 4 is 23.1 Å². The predicted octanol–water partition coefficient (Wildman–Crippen LogP) is -5.74. The van der Waals surface area contributed by atoms with Crippen molar-refractivity contribution in [2.75, 3.05) is 0 Å². The van der Waals surface area contributed by atoms with Crippen LogP contribution in [0, 0.1) is 0 Å². The average Bonchev–Trinajstić information content (AvgIpc) is 3.25. The van der Waals surface area contributed by atoms with E-state index in [1.54, 1.807) is 0 Å². The van der Waals surface area contributed by atoms with Gasteiger partial charge in [0.25, 0.3) is 0 Å². The molecule has 5 nitrogen and oxygen atoms in total. The van der Waals surface area contributed by atoms with Gasteiger partial charge in [0, 0.05) is 0 Å². The Morgan fingerprint density at radius 1 is 0.700 bits per heavy atom. The Morgan fingerprint density at radius 3 is 1.57 bits per heavy atom. The Hall–Kier alpha value is -1.83. The summed E-state index contributed by atoms with van der Waals surface area (Å²) in [5.41, 5.74) is 5.83. The Kier molecular flexibility index (Phi) is 9.14. The molecule has 1 aromatic heterocycles. The third kappa shape index (κ3) is 4.90. The molecule has 0 fully saturated rings. The summed E-state index contributed by atoms with van der Waals surface area (Å²) >= 11 is 0. The molecule has 2 atom stereocenters. The number of aromatic nitrogens is 1. The van der Waals surface area contributed by atoms with E-state index in [1.807, 2.05) is 18.2 Å². The number of halogens is 3. The standard InChI is InChI=1S/C21H17N5.3ClH.Co/c1-12-6-8-14-18(10-12)25-20(23-14)16-4-3-5-17(22-16)21-24-15-9-7-13(2)11-19(15)26-21;;;;/h3-11,14-15H,1-2H3;3*1H;/q;;;;+3/p-3. The van der Waals surface area contributed by atoms with Gasteiger partial charge in [-0.2, -0.15) is 0 Å². The molecule has 4 aliphatic rings. The molecule has 0 aromatic carbocycles. The van der Waals surface area contributed by atoms with Crippen LogP contribution in [-0.2, 0) is 16.8 Å². The second kappa shape index (κ2) is 10.5. The van der Waals surface area contributed by atoms with Gasteiger partial charge in [-0.25, -0.2) is 15.0 Å². The average molecular weight is 505 g/mol. The zero-order chi connectivity index (χ0) is 17.7. The van der Waals surface area contributed by atoms with Gasteiger partial charge in [-0.15, -0.1) is 0 Å². The molecule has 0 bridgehead atoms. The van der Waals surface area contributed by atoms with Crippen molar-refractivity contribution in [3.8, 4) is 0 Å². The van der Waals surface area contributed by atoms with Gasteiger partial charge >= 0.3 is 16.8 Å². The second-order valence-electron chi connectivity index (χ2n) is 6.77. The summed E-state index contributed by atoms with van der Waals surface area (Å²) in [7, 11) is 0. The van der Waals surface area contributed by atoms with Crippen LogP contribution in [0.1, 0.15) is 25.2 Å². The SMILES string of the molecule is CC1=CC2=NC(c3cccc(C4=NC5C=CC(C)=CC5=N4)n3)=NC2C=C1.[Cl-].[Cl-].[Cl-].[Co+3]. The summed E-state index contributed by atoms with van der Waals surface area (Å²) in [6, 6.07) is 5.84. The molecular formula is C21H17Cl3CoN5. The van der Waals surface area contributed by atoms with Gasteiger partial charge in [-0.05, 0) is 49.3 Å². The minimum absolute atomic E-state index is 0. The number of amidine groups is 2. The van der Waals surface area contributed by atoms with Crippen molar-refractivity contribution in [1.82, 2.24) is 4.98 Å². The fraction of sp³-hybridized carbons (Fsp3) is 0.190. The van der Waals surface area contributed by atoms with Crippen molar-refractivity contribution in [2.45, 2.75) is 25.9 Å². The van der Waals surface area contributed by atoms with Crippen LogP contribution in [-0.4, -0.2) is 40.2 Å². The van der Waals surface area contributed by atoms with E-state index in [9.17, 15) is 0 Å². The topological polar surface area (TPSA) is 62.3 Å². The van der Waals surface area contributed by atoms with Crippen LogP contribution in [0.25, 0.3) is 0 Å². The maximum absolute atomic E-state index is 4.73. The molecule has 0 N–H and O–H groups in total. The summed E-state index contributed by atoms with van der Waals surface area (Å²) in [6.45, 7) is 4.13. The molecule has 3 heterocycles. The van der Waals surface area contributed by atoms with Crippen molar-refractivity contribution in [3.63, 3.8) is 0 Å². The van der Waals surface area contributed by atoms with Crippen LogP contribution in [0.2, 0.25) is 0 Å². The third-order valence-electron chi connectivity index (χ3n) is 4.64. The molecular weight excluding hydrogens is 488 g/mol. The first kappa shape index (κ1) is 26.2. The number of fused-ring (bicyclic) bond motifs is 2. The van der Waals surface area contributed by atoms with Crippen molar-refractivity contribution < 1.29 is 54.0 Å². The fourth-order valence-electron chi connectivity index (χ4n) is 3.33. The van der Waals surface area contributed by atoms with E-state index in [0.29, 0.717) is 11.7 Å². The van der Waals surface area contributed by atoms with Crippen LogP contribution in [0.4, 0.5) is 0 Å². The van der Waals surface area contributed by atoms with Gasteiger partial charge < -0.3 is 37.2 Å². The molecule has 30 heavy (non-hydrogen) atoms. The van der Waals surface area contributed by atoms with Gasteiger partial charge in [0.2, 0.25) is 0 Å². The largest absolute Gasteiger partial charge is 3.00 e.